The Labute approximate surface area is 62.0 Å². The molecule has 1 unspecified atom stereocenters. The number of hydrogen-bond donors (Lipinski definition) is 0. The summed E-state index contributed by atoms with van der Waals surface area (Å²) in [7, 11) is 0. The van der Waals surface area contributed by atoms with E-state index in [0.717, 1.165) is 0 Å². The molecule has 0 saturated heterocycles. The van der Waals surface area contributed by atoms with Gasteiger partial charge in [-0.05, 0) is 12.0 Å². The van der Waals surface area contributed by atoms with Gasteiger partial charge in [-0.15, -0.1) is 0 Å². The van der Waals surface area contributed by atoms with Crippen molar-refractivity contribution >= 4 is 0 Å². The zero-order chi connectivity index (χ0) is 7.40. The van der Waals surface area contributed by atoms with Crippen LogP contribution in [-0.2, 0) is 0 Å². The third-order valence-electron chi connectivity index (χ3n) is 2.08. The van der Waals surface area contributed by atoms with Gasteiger partial charge in [0.25, 0.3) is 0 Å². The van der Waals surface area contributed by atoms with E-state index in [0.29, 0.717) is 12.0 Å². The van der Waals surface area contributed by atoms with E-state index in [4.69, 9.17) is 0 Å². The van der Waals surface area contributed by atoms with E-state index in [-0.39, 0.29) is 0 Å². The third-order valence-corrected chi connectivity index (χ3v) is 2.08. The maximum Gasteiger partial charge on any atom is 0.0939 e. The van der Waals surface area contributed by atoms with Crippen molar-refractivity contribution in [1.29, 1.82) is 0 Å². The second kappa shape index (κ2) is 3.49. The smallest absolute Gasteiger partial charge is 0.0939 e. The summed E-state index contributed by atoms with van der Waals surface area (Å²) in [4.78, 5) is 0. The van der Waals surface area contributed by atoms with Crippen LogP contribution in [0.25, 0.3) is 0 Å². The molecule has 0 amide bonds. The van der Waals surface area contributed by atoms with Crippen LogP contribution < -0.4 is 0 Å². The minimum absolute atomic E-state index is 0.370. The van der Waals surface area contributed by atoms with E-state index in [1.807, 2.05) is 0 Å². The van der Waals surface area contributed by atoms with Gasteiger partial charge in [0.05, 0.1) is 6.04 Å². The summed E-state index contributed by atoms with van der Waals surface area (Å²) in [5.74, 6) is 0.697. The normalized spacial score (nSPS) is 22.9. The number of azo groups is 1. The van der Waals surface area contributed by atoms with Crippen molar-refractivity contribution in [1.82, 2.24) is 0 Å². The minimum Gasteiger partial charge on any atom is -0.181 e. The van der Waals surface area contributed by atoms with E-state index in [9.17, 15) is 0 Å². The van der Waals surface area contributed by atoms with Gasteiger partial charge >= 0.3 is 0 Å². The highest BCUT2D eigenvalue weighted by molar-refractivity contribution is 4.98. The van der Waals surface area contributed by atoms with Gasteiger partial charge in [0.2, 0.25) is 0 Å². The average molecular weight is 138 g/mol. The second-order valence-electron chi connectivity index (χ2n) is 2.64. The molecular formula is C8H14N2. The molecule has 0 aromatic carbocycles. The standard InChI is InChI=1S/C8H14N2/c1-3-7(4-2)8-5-6-9-10-8/h5-8H,3-4H2,1-2H3. The molecule has 1 heterocycles. The summed E-state index contributed by atoms with van der Waals surface area (Å²) >= 11 is 0. The summed E-state index contributed by atoms with van der Waals surface area (Å²) in [5.41, 5.74) is 0. The summed E-state index contributed by atoms with van der Waals surface area (Å²) in [6, 6.07) is 0.370. The van der Waals surface area contributed by atoms with Crippen LogP contribution in [0.2, 0.25) is 0 Å². The fourth-order valence-electron chi connectivity index (χ4n) is 1.30. The van der Waals surface area contributed by atoms with Crippen LogP contribution in [0.3, 0.4) is 0 Å². The molecular weight excluding hydrogens is 124 g/mol. The van der Waals surface area contributed by atoms with Gasteiger partial charge in [-0.25, -0.2) is 0 Å². The van der Waals surface area contributed by atoms with Gasteiger partial charge in [-0.2, -0.15) is 10.2 Å². The first-order valence-electron chi connectivity index (χ1n) is 3.95. The molecule has 1 rings (SSSR count). The Bertz CT molecular complexity index is 133. The molecule has 0 aromatic heterocycles. The molecule has 1 aliphatic heterocycles. The Morgan fingerprint density at radius 1 is 1.40 bits per heavy atom. The lowest BCUT2D eigenvalue weighted by atomic mass is 9.95. The van der Waals surface area contributed by atoms with E-state index < -0.39 is 0 Å². The molecule has 1 atom stereocenters. The van der Waals surface area contributed by atoms with Crippen molar-refractivity contribution in [2.24, 2.45) is 16.1 Å². The summed E-state index contributed by atoms with van der Waals surface area (Å²) in [6.45, 7) is 4.41. The largest absolute Gasteiger partial charge is 0.181 e. The molecule has 1 aliphatic rings. The molecule has 0 aromatic rings. The van der Waals surface area contributed by atoms with E-state index >= 15 is 0 Å². The second-order valence-corrected chi connectivity index (χ2v) is 2.64. The van der Waals surface area contributed by atoms with Crippen molar-refractivity contribution < 1.29 is 0 Å². The van der Waals surface area contributed by atoms with Crippen molar-refractivity contribution in [3.05, 3.63) is 12.3 Å². The lowest BCUT2D eigenvalue weighted by molar-refractivity contribution is 0.443. The summed E-state index contributed by atoms with van der Waals surface area (Å²) in [6.07, 6.45) is 6.27. The Morgan fingerprint density at radius 3 is 2.50 bits per heavy atom. The third kappa shape index (κ3) is 1.43. The van der Waals surface area contributed by atoms with Gasteiger partial charge in [0, 0.05) is 6.20 Å². The van der Waals surface area contributed by atoms with Gasteiger partial charge in [0.1, 0.15) is 0 Å². The summed E-state index contributed by atoms with van der Waals surface area (Å²) < 4.78 is 0. The van der Waals surface area contributed by atoms with Crippen LogP contribution in [0.1, 0.15) is 26.7 Å². The van der Waals surface area contributed by atoms with Gasteiger partial charge in [-0.3, -0.25) is 0 Å². The molecule has 2 nitrogen and oxygen atoms in total. The first-order valence-corrected chi connectivity index (χ1v) is 3.95. The zero-order valence-electron chi connectivity index (χ0n) is 6.62. The van der Waals surface area contributed by atoms with Crippen LogP contribution in [-0.4, -0.2) is 6.04 Å². The molecule has 56 valence electrons. The van der Waals surface area contributed by atoms with E-state index in [1.165, 1.54) is 12.8 Å². The maximum atomic E-state index is 4.09. The molecule has 0 fully saturated rings. The Kier molecular flexibility index (Phi) is 2.60. The fourth-order valence-corrected chi connectivity index (χ4v) is 1.30. The van der Waals surface area contributed by atoms with Crippen molar-refractivity contribution in [3.63, 3.8) is 0 Å². The lowest BCUT2D eigenvalue weighted by Gasteiger charge is -2.13. The van der Waals surface area contributed by atoms with Crippen LogP contribution in [0.15, 0.2) is 22.5 Å². The molecule has 10 heavy (non-hydrogen) atoms. The highest BCUT2D eigenvalue weighted by Gasteiger charge is 2.16. The van der Waals surface area contributed by atoms with Crippen molar-refractivity contribution in [2.45, 2.75) is 32.7 Å². The molecule has 0 N–H and O–H groups in total. The SMILES string of the molecule is CCC(CC)C1C=CN=N1. The van der Waals surface area contributed by atoms with Crippen molar-refractivity contribution in [2.75, 3.05) is 0 Å². The van der Waals surface area contributed by atoms with Gasteiger partial charge in [0.15, 0.2) is 0 Å². The van der Waals surface area contributed by atoms with Crippen LogP contribution in [0, 0.1) is 5.92 Å². The van der Waals surface area contributed by atoms with Crippen molar-refractivity contribution in [3.8, 4) is 0 Å². The highest BCUT2D eigenvalue weighted by Crippen LogP contribution is 2.20. The summed E-state index contributed by atoms with van der Waals surface area (Å²) in [5, 5.41) is 7.92. The number of hydrogen-bond acceptors (Lipinski definition) is 2. The van der Waals surface area contributed by atoms with Crippen LogP contribution in [0.4, 0.5) is 0 Å². The fraction of sp³-hybridized carbons (Fsp3) is 0.750. The predicted molar refractivity (Wildman–Crippen MR) is 41.9 cm³/mol. The Hall–Kier alpha value is -0.660. The molecule has 2 heteroatoms. The quantitative estimate of drug-likeness (QED) is 0.573. The van der Waals surface area contributed by atoms with Gasteiger partial charge < -0.3 is 0 Å². The van der Waals surface area contributed by atoms with Gasteiger partial charge in [-0.1, -0.05) is 26.7 Å². The number of nitrogens with zero attached hydrogens (tertiary/aromatic N) is 2. The monoisotopic (exact) mass is 138 g/mol. The van der Waals surface area contributed by atoms with E-state index in [2.05, 4.69) is 30.2 Å². The number of rotatable bonds is 3. The minimum atomic E-state index is 0.370. The molecule has 0 spiro atoms. The predicted octanol–water partition coefficient (Wildman–Crippen LogP) is 2.77. The maximum absolute atomic E-state index is 4.09. The van der Waals surface area contributed by atoms with Crippen LogP contribution >= 0.6 is 0 Å². The lowest BCUT2D eigenvalue weighted by Crippen LogP contribution is -2.12. The highest BCUT2D eigenvalue weighted by atomic mass is 15.1. The van der Waals surface area contributed by atoms with Crippen LogP contribution in [0.5, 0.6) is 0 Å². The zero-order valence-corrected chi connectivity index (χ0v) is 6.62. The molecule has 0 saturated carbocycles. The first kappa shape index (κ1) is 7.45. The Balaban J connectivity index is 2.45. The Morgan fingerprint density at radius 2 is 2.10 bits per heavy atom. The first-order chi connectivity index (χ1) is 4.88. The molecule has 0 bridgehead atoms. The molecule has 0 aliphatic carbocycles. The van der Waals surface area contributed by atoms with E-state index in [1.54, 1.807) is 6.20 Å². The topological polar surface area (TPSA) is 24.7 Å². The average Bonchev–Trinajstić information content (AvgIpc) is 2.43. The molecule has 0 radical (unpaired) electrons.